The van der Waals surface area contributed by atoms with E-state index < -0.39 is 5.97 Å². The van der Waals surface area contributed by atoms with E-state index in [4.69, 9.17) is 5.11 Å². The largest absolute Gasteiger partial charge is 0.481 e. The van der Waals surface area contributed by atoms with E-state index in [9.17, 15) is 14.4 Å². The maximum Gasteiger partial charge on any atom is 0.315 e. The maximum atomic E-state index is 12.5. The number of aryl methyl sites for hydroxylation is 1. The summed E-state index contributed by atoms with van der Waals surface area (Å²) in [5.74, 6) is -0.843. The van der Waals surface area contributed by atoms with Crippen LogP contribution in [0.1, 0.15) is 43.8 Å². The first-order chi connectivity index (χ1) is 12.0. The van der Waals surface area contributed by atoms with Gasteiger partial charge in [0, 0.05) is 38.7 Å². The fourth-order valence-corrected chi connectivity index (χ4v) is 3.35. The number of likely N-dealkylation sites (tertiary alicyclic amines) is 1. The number of carbonyl (C=O) groups is 3. The van der Waals surface area contributed by atoms with Gasteiger partial charge in [-0.25, -0.2) is 4.79 Å². The Kier molecular flexibility index (Phi) is 4.91. The van der Waals surface area contributed by atoms with Crippen molar-refractivity contribution in [2.45, 2.75) is 50.2 Å². The molecule has 0 aromatic carbocycles. The number of nitrogens with zero attached hydrogens (tertiary/aromatic N) is 3. The van der Waals surface area contributed by atoms with Crippen LogP contribution in [0.25, 0.3) is 0 Å². The van der Waals surface area contributed by atoms with Gasteiger partial charge in [0.05, 0.1) is 17.8 Å². The molecular weight excluding hydrogens is 326 g/mol. The Morgan fingerprint density at radius 1 is 1.40 bits per heavy atom. The molecule has 3 rings (SSSR count). The first-order valence-corrected chi connectivity index (χ1v) is 8.52. The Labute approximate surface area is 145 Å². The predicted molar refractivity (Wildman–Crippen MR) is 87.6 cm³/mol. The van der Waals surface area contributed by atoms with Crippen molar-refractivity contribution in [3.63, 3.8) is 0 Å². The molecule has 0 spiro atoms. The third-order valence-corrected chi connectivity index (χ3v) is 4.63. The highest BCUT2D eigenvalue weighted by Gasteiger charge is 2.48. The van der Waals surface area contributed by atoms with Crippen molar-refractivity contribution >= 4 is 17.9 Å². The lowest BCUT2D eigenvalue weighted by Crippen LogP contribution is -2.45. The van der Waals surface area contributed by atoms with E-state index in [0.717, 1.165) is 18.5 Å². The van der Waals surface area contributed by atoms with Gasteiger partial charge in [0.25, 0.3) is 0 Å². The fraction of sp³-hybridized carbons (Fsp3) is 0.625. The molecule has 0 unspecified atom stereocenters. The van der Waals surface area contributed by atoms with Crippen LogP contribution in [0.3, 0.4) is 0 Å². The van der Waals surface area contributed by atoms with Gasteiger partial charge in [-0.15, -0.1) is 0 Å². The number of hydrogen-bond donors (Lipinski definition) is 3. The normalized spacial score (nSPS) is 22.9. The number of carboxylic acids is 1. The second-order valence-corrected chi connectivity index (χ2v) is 6.56. The first kappa shape index (κ1) is 17.2. The van der Waals surface area contributed by atoms with E-state index in [1.807, 2.05) is 18.0 Å². The highest BCUT2D eigenvalue weighted by molar-refractivity contribution is 5.83. The molecular formula is C16H23N5O4. The van der Waals surface area contributed by atoms with Crippen molar-refractivity contribution in [3.05, 3.63) is 18.0 Å². The van der Waals surface area contributed by atoms with Gasteiger partial charge in [-0.2, -0.15) is 5.10 Å². The van der Waals surface area contributed by atoms with Crippen LogP contribution in [-0.4, -0.2) is 56.3 Å². The van der Waals surface area contributed by atoms with Gasteiger partial charge in [0.15, 0.2) is 0 Å². The summed E-state index contributed by atoms with van der Waals surface area (Å²) in [6.45, 7) is 0.279. The Balaban J connectivity index is 1.64. The number of carboxylic acid groups (broad SMARTS) is 1. The Bertz CT molecular complexity index is 669. The van der Waals surface area contributed by atoms with Crippen molar-refractivity contribution in [2.24, 2.45) is 7.05 Å². The van der Waals surface area contributed by atoms with E-state index in [1.54, 1.807) is 10.9 Å². The summed E-state index contributed by atoms with van der Waals surface area (Å²) >= 11 is 0. The van der Waals surface area contributed by atoms with Crippen molar-refractivity contribution in [1.82, 2.24) is 25.3 Å². The highest BCUT2D eigenvalue weighted by Crippen LogP contribution is 2.41. The summed E-state index contributed by atoms with van der Waals surface area (Å²) in [7, 11) is 1.83. The molecule has 2 heterocycles. The van der Waals surface area contributed by atoms with Crippen LogP contribution in [0.4, 0.5) is 4.79 Å². The molecule has 0 bridgehead atoms. The average molecular weight is 349 g/mol. The molecule has 1 aliphatic carbocycles. The minimum atomic E-state index is -0.889. The lowest BCUT2D eigenvalue weighted by atomic mass is 10.1. The second-order valence-electron chi connectivity index (χ2n) is 6.56. The van der Waals surface area contributed by atoms with Gasteiger partial charge >= 0.3 is 12.0 Å². The number of urea groups is 1. The van der Waals surface area contributed by atoms with Crippen LogP contribution >= 0.6 is 0 Å². The molecule has 2 fully saturated rings. The molecule has 25 heavy (non-hydrogen) atoms. The summed E-state index contributed by atoms with van der Waals surface area (Å²) in [5, 5.41) is 18.3. The van der Waals surface area contributed by atoms with Crippen LogP contribution in [0, 0.1) is 0 Å². The maximum absolute atomic E-state index is 12.5. The zero-order chi connectivity index (χ0) is 18.0. The van der Waals surface area contributed by atoms with Crippen molar-refractivity contribution < 1.29 is 19.5 Å². The molecule has 9 nitrogen and oxygen atoms in total. The number of aliphatic carboxylic acids is 1. The molecule has 0 radical (unpaired) electrons. The Morgan fingerprint density at radius 2 is 2.16 bits per heavy atom. The molecule has 9 heteroatoms. The number of carbonyl (C=O) groups excluding carboxylic acids is 2. The zero-order valence-corrected chi connectivity index (χ0v) is 14.1. The lowest BCUT2D eigenvalue weighted by Gasteiger charge is -2.28. The number of rotatable bonds is 7. The van der Waals surface area contributed by atoms with Gasteiger partial charge in [0.1, 0.15) is 0 Å². The Morgan fingerprint density at radius 3 is 2.76 bits per heavy atom. The van der Waals surface area contributed by atoms with Crippen LogP contribution in [0.5, 0.6) is 0 Å². The number of nitrogens with one attached hydrogen (secondary N) is 2. The SMILES string of the molecule is Cn1nccc1[C@H]1[C@H](NC(=O)NCCCC(=O)O)CC(=O)N1C1CC1. The van der Waals surface area contributed by atoms with E-state index in [2.05, 4.69) is 15.7 Å². The van der Waals surface area contributed by atoms with Gasteiger partial charge < -0.3 is 20.6 Å². The minimum Gasteiger partial charge on any atom is -0.481 e. The van der Waals surface area contributed by atoms with E-state index >= 15 is 0 Å². The topological polar surface area (TPSA) is 117 Å². The monoisotopic (exact) mass is 349 g/mol. The van der Waals surface area contributed by atoms with Crippen molar-refractivity contribution in [2.75, 3.05) is 6.54 Å². The van der Waals surface area contributed by atoms with Crippen molar-refractivity contribution in [3.8, 4) is 0 Å². The molecule has 3 amide bonds. The number of hydrogen-bond acceptors (Lipinski definition) is 4. The summed E-state index contributed by atoms with van der Waals surface area (Å²) in [5.41, 5.74) is 0.897. The lowest BCUT2D eigenvalue weighted by molar-refractivity contribution is -0.137. The summed E-state index contributed by atoms with van der Waals surface area (Å²) in [6, 6.07) is 1.18. The van der Waals surface area contributed by atoms with Crippen LogP contribution in [0.15, 0.2) is 12.3 Å². The molecule has 2 atom stereocenters. The first-order valence-electron chi connectivity index (χ1n) is 8.52. The molecule has 1 aromatic rings. The summed E-state index contributed by atoms with van der Waals surface area (Å²) in [6.07, 6.45) is 4.31. The second kappa shape index (κ2) is 7.12. The molecule has 136 valence electrons. The van der Waals surface area contributed by atoms with Crippen molar-refractivity contribution in [1.29, 1.82) is 0 Å². The van der Waals surface area contributed by atoms with Gasteiger partial charge in [-0.05, 0) is 25.3 Å². The van der Waals surface area contributed by atoms with E-state index in [-0.39, 0.29) is 49.5 Å². The zero-order valence-electron chi connectivity index (χ0n) is 14.1. The molecule has 2 aliphatic rings. The third-order valence-electron chi connectivity index (χ3n) is 4.63. The Hall–Kier alpha value is -2.58. The quantitative estimate of drug-likeness (QED) is 0.616. The molecule has 3 N–H and O–H groups in total. The van der Waals surface area contributed by atoms with Crippen LogP contribution in [-0.2, 0) is 16.6 Å². The predicted octanol–water partition coefficient (Wildman–Crippen LogP) is 0.389. The summed E-state index contributed by atoms with van der Waals surface area (Å²) < 4.78 is 1.73. The molecule has 1 aliphatic heterocycles. The standard InChI is InChI=1S/C16H23N5O4/c1-20-12(6-8-18-20)15-11(9-13(22)21(15)10-4-5-10)19-16(25)17-7-2-3-14(23)24/h6,8,10-11,15H,2-5,7,9H2,1H3,(H,23,24)(H2,17,19,25)/t11-,15-/m1/s1. The number of amides is 3. The third kappa shape index (κ3) is 3.92. The van der Waals surface area contributed by atoms with Gasteiger partial charge in [0.2, 0.25) is 5.91 Å². The number of aromatic nitrogens is 2. The smallest absolute Gasteiger partial charge is 0.315 e. The van der Waals surface area contributed by atoms with E-state index in [1.165, 1.54) is 0 Å². The molecule has 1 saturated heterocycles. The fourth-order valence-electron chi connectivity index (χ4n) is 3.35. The molecule has 1 saturated carbocycles. The van der Waals surface area contributed by atoms with Crippen LogP contribution in [0.2, 0.25) is 0 Å². The van der Waals surface area contributed by atoms with Crippen LogP contribution < -0.4 is 10.6 Å². The van der Waals surface area contributed by atoms with Gasteiger partial charge in [-0.3, -0.25) is 14.3 Å². The summed E-state index contributed by atoms with van der Waals surface area (Å²) in [4.78, 5) is 37.0. The van der Waals surface area contributed by atoms with E-state index in [0.29, 0.717) is 6.42 Å². The van der Waals surface area contributed by atoms with Gasteiger partial charge in [-0.1, -0.05) is 0 Å². The minimum absolute atomic E-state index is 0.00922. The molecule has 1 aromatic heterocycles. The highest BCUT2D eigenvalue weighted by atomic mass is 16.4. The average Bonchev–Trinajstić information content (AvgIpc) is 3.22.